The molecule has 0 atom stereocenters. The highest BCUT2D eigenvalue weighted by Crippen LogP contribution is 2.23. The number of rotatable bonds is 5. The molecule has 0 aliphatic heterocycles. The van der Waals surface area contributed by atoms with Crippen LogP contribution in [0.1, 0.15) is 25.0 Å². The first-order chi connectivity index (χ1) is 10.6. The van der Waals surface area contributed by atoms with E-state index in [1.807, 2.05) is 18.2 Å². The van der Waals surface area contributed by atoms with Gasteiger partial charge < -0.3 is 9.88 Å². The van der Waals surface area contributed by atoms with Gasteiger partial charge in [0, 0.05) is 35.2 Å². The summed E-state index contributed by atoms with van der Waals surface area (Å²) < 4.78 is 16.0. The summed E-state index contributed by atoms with van der Waals surface area (Å²) in [5.74, 6) is -0.151. The number of hydrogen-bond acceptors (Lipinski definition) is 1. The van der Waals surface area contributed by atoms with Gasteiger partial charge >= 0.3 is 0 Å². The molecule has 22 heavy (non-hydrogen) atoms. The summed E-state index contributed by atoms with van der Waals surface area (Å²) in [6.45, 7) is 5.65. The second kappa shape index (κ2) is 6.32. The summed E-state index contributed by atoms with van der Waals surface area (Å²) in [6.07, 6.45) is 2.13. The molecule has 0 saturated heterocycles. The van der Waals surface area contributed by atoms with E-state index >= 15 is 0 Å². The van der Waals surface area contributed by atoms with Crippen LogP contribution in [-0.4, -0.2) is 10.6 Å². The molecule has 0 spiro atoms. The molecule has 0 bridgehead atoms. The van der Waals surface area contributed by atoms with E-state index in [1.54, 1.807) is 6.07 Å². The smallest absolute Gasteiger partial charge is 0.128 e. The number of hydrogen-bond donors (Lipinski definition) is 1. The minimum absolute atomic E-state index is 0.151. The Morgan fingerprint density at radius 2 is 1.73 bits per heavy atom. The number of nitrogens with one attached hydrogen (secondary N) is 1. The van der Waals surface area contributed by atoms with Crippen LogP contribution in [0.3, 0.4) is 0 Å². The number of aromatic nitrogens is 1. The summed E-state index contributed by atoms with van der Waals surface area (Å²) in [7, 11) is 0. The molecule has 0 unspecified atom stereocenters. The Morgan fingerprint density at radius 3 is 2.50 bits per heavy atom. The van der Waals surface area contributed by atoms with E-state index in [4.69, 9.17) is 0 Å². The molecule has 0 aliphatic rings. The van der Waals surface area contributed by atoms with Crippen LogP contribution in [0.5, 0.6) is 0 Å². The predicted octanol–water partition coefficient (Wildman–Crippen LogP) is 4.33. The third kappa shape index (κ3) is 3.04. The van der Waals surface area contributed by atoms with Gasteiger partial charge in [-0.2, -0.15) is 0 Å². The van der Waals surface area contributed by atoms with Gasteiger partial charge in [0.1, 0.15) is 5.82 Å². The van der Waals surface area contributed by atoms with E-state index in [0.717, 1.165) is 12.1 Å². The first kappa shape index (κ1) is 14.8. The first-order valence-corrected chi connectivity index (χ1v) is 7.68. The van der Waals surface area contributed by atoms with Crippen LogP contribution in [0.25, 0.3) is 10.9 Å². The molecule has 3 heteroatoms. The van der Waals surface area contributed by atoms with Crippen molar-refractivity contribution in [2.75, 3.05) is 0 Å². The zero-order chi connectivity index (χ0) is 15.5. The highest BCUT2D eigenvalue weighted by molar-refractivity contribution is 5.84. The molecule has 2 nitrogen and oxygen atoms in total. The van der Waals surface area contributed by atoms with E-state index in [0.29, 0.717) is 18.2 Å². The topological polar surface area (TPSA) is 17.0 Å². The van der Waals surface area contributed by atoms with Gasteiger partial charge in [0.05, 0.1) is 6.54 Å². The van der Waals surface area contributed by atoms with E-state index in [2.05, 4.69) is 48.1 Å². The van der Waals surface area contributed by atoms with Crippen LogP contribution < -0.4 is 5.32 Å². The third-order valence-corrected chi connectivity index (χ3v) is 3.87. The van der Waals surface area contributed by atoms with Crippen LogP contribution in [0.2, 0.25) is 0 Å². The second-order valence-electron chi connectivity index (χ2n) is 5.93. The largest absolute Gasteiger partial charge is 0.343 e. The van der Waals surface area contributed by atoms with E-state index < -0.39 is 0 Å². The van der Waals surface area contributed by atoms with Gasteiger partial charge in [0.2, 0.25) is 0 Å². The molecule has 3 rings (SSSR count). The van der Waals surface area contributed by atoms with Crippen molar-refractivity contribution in [2.45, 2.75) is 33.0 Å². The molecule has 1 heterocycles. The van der Waals surface area contributed by atoms with Gasteiger partial charge in [0.15, 0.2) is 0 Å². The summed E-state index contributed by atoms with van der Waals surface area (Å²) in [5.41, 5.74) is 3.11. The zero-order valence-corrected chi connectivity index (χ0v) is 13.0. The number of fused-ring (bicyclic) bond motifs is 1. The van der Waals surface area contributed by atoms with Crippen LogP contribution in [0, 0.1) is 5.82 Å². The lowest BCUT2D eigenvalue weighted by Gasteiger charge is -2.07. The summed E-state index contributed by atoms with van der Waals surface area (Å²) in [6, 6.07) is 15.7. The highest BCUT2D eigenvalue weighted by atomic mass is 19.1. The normalized spacial score (nSPS) is 11.5. The van der Waals surface area contributed by atoms with Crippen LogP contribution in [0.4, 0.5) is 4.39 Å². The average Bonchev–Trinajstić information content (AvgIpc) is 2.86. The van der Waals surface area contributed by atoms with Gasteiger partial charge in [-0.25, -0.2) is 4.39 Å². The van der Waals surface area contributed by atoms with Gasteiger partial charge in [0.25, 0.3) is 0 Å². The fourth-order valence-corrected chi connectivity index (χ4v) is 2.72. The van der Waals surface area contributed by atoms with E-state index in [9.17, 15) is 4.39 Å². The van der Waals surface area contributed by atoms with Crippen molar-refractivity contribution >= 4 is 10.9 Å². The Labute approximate surface area is 130 Å². The molecule has 0 aliphatic carbocycles. The van der Waals surface area contributed by atoms with E-state index in [-0.39, 0.29) is 5.82 Å². The quantitative estimate of drug-likeness (QED) is 0.741. The molecular weight excluding hydrogens is 275 g/mol. The molecule has 0 radical (unpaired) electrons. The maximum Gasteiger partial charge on any atom is 0.128 e. The second-order valence-corrected chi connectivity index (χ2v) is 5.93. The minimum Gasteiger partial charge on any atom is -0.343 e. The fourth-order valence-electron chi connectivity index (χ4n) is 2.72. The molecule has 2 aromatic carbocycles. The molecule has 0 fully saturated rings. The molecule has 114 valence electrons. The maximum atomic E-state index is 13.9. The lowest BCUT2D eigenvalue weighted by Crippen LogP contribution is -2.21. The van der Waals surface area contributed by atoms with Crippen molar-refractivity contribution in [1.82, 2.24) is 9.88 Å². The average molecular weight is 296 g/mol. The SMILES string of the molecule is CC(C)NCc1cn(Cc2ccccc2F)c2ccccc12. The van der Waals surface area contributed by atoms with Crippen molar-refractivity contribution < 1.29 is 4.39 Å². The summed E-state index contributed by atoms with van der Waals surface area (Å²) >= 11 is 0. The third-order valence-electron chi connectivity index (χ3n) is 3.87. The van der Waals surface area contributed by atoms with Crippen molar-refractivity contribution in [3.8, 4) is 0 Å². The molecule has 0 amide bonds. The van der Waals surface area contributed by atoms with Gasteiger partial charge in [-0.1, -0.05) is 50.2 Å². The molecule has 3 aromatic rings. The fraction of sp³-hybridized carbons (Fsp3) is 0.263. The first-order valence-electron chi connectivity index (χ1n) is 7.68. The predicted molar refractivity (Wildman–Crippen MR) is 89.4 cm³/mol. The lowest BCUT2D eigenvalue weighted by atomic mass is 10.1. The standard InChI is InChI=1S/C19H21FN2/c1-14(2)21-11-16-13-22(19-10-6-4-8-17(16)19)12-15-7-3-5-9-18(15)20/h3-10,13-14,21H,11-12H2,1-2H3. The Kier molecular flexibility index (Phi) is 4.25. The highest BCUT2D eigenvalue weighted by Gasteiger charge is 2.10. The lowest BCUT2D eigenvalue weighted by molar-refractivity contribution is 0.587. The number of benzene rings is 2. The summed E-state index contributed by atoms with van der Waals surface area (Å²) in [4.78, 5) is 0. The van der Waals surface area contributed by atoms with Gasteiger partial charge in [-0.15, -0.1) is 0 Å². The van der Waals surface area contributed by atoms with Crippen LogP contribution >= 0.6 is 0 Å². The van der Waals surface area contributed by atoms with Crippen molar-refractivity contribution in [2.24, 2.45) is 0 Å². The van der Waals surface area contributed by atoms with Crippen LogP contribution in [-0.2, 0) is 13.1 Å². The molecule has 0 saturated carbocycles. The molecule has 1 N–H and O–H groups in total. The van der Waals surface area contributed by atoms with Crippen molar-refractivity contribution in [3.63, 3.8) is 0 Å². The Balaban J connectivity index is 1.97. The van der Waals surface area contributed by atoms with Gasteiger partial charge in [-0.3, -0.25) is 0 Å². The van der Waals surface area contributed by atoms with E-state index in [1.165, 1.54) is 17.0 Å². The summed E-state index contributed by atoms with van der Waals surface area (Å²) in [5, 5.41) is 4.68. The zero-order valence-electron chi connectivity index (χ0n) is 13.0. The Bertz CT molecular complexity index is 774. The minimum atomic E-state index is -0.151. The van der Waals surface area contributed by atoms with Crippen molar-refractivity contribution in [3.05, 3.63) is 71.7 Å². The van der Waals surface area contributed by atoms with Gasteiger partial charge in [-0.05, 0) is 17.7 Å². The number of halogens is 1. The Hall–Kier alpha value is -2.13. The number of para-hydroxylation sites is 1. The van der Waals surface area contributed by atoms with Crippen molar-refractivity contribution in [1.29, 1.82) is 0 Å². The molecule has 1 aromatic heterocycles. The monoisotopic (exact) mass is 296 g/mol. The Morgan fingerprint density at radius 1 is 1.00 bits per heavy atom. The van der Waals surface area contributed by atoms with Crippen LogP contribution in [0.15, 0.2) is 54.7 Å². The maximum absolute atomic E-state index is 13.9. The number of nitrogens with zero attached hydrogens (tertiary/aromatic N) is 1. The molecular formula is C19H21FN2.